The quantitative estimate of drug-likeness (QED) is 0.928. The lowest BCUT2D eigenvalue weighted by atomic mass is 10.2. The first-order chi connectivity index (χ1) is 10.1. The van der Waals surface area contributed by atoms with Gasteiger partial charge >= 0.3 is 0 Å². The maximum Gasteiger partial charge on any atom is 0.228 e. The summed E-state index contributed by atoms with van der Waals surface area (Å²) in [6.45, 7) is 1.48. The number of carbonyl (C=O) groups is 2. The van der Waals surface area contributed by atoms with E-state index >= 15 is 0 Å². The van der Waals surface area contributed by atoms with E-state index in [1.165, 1.54) is 6.07 Å². The van der Waals surface area contributed by atoms with Gasteiger partial charge < -0.3 is 10.2 Å². The molecule has 2 amide bonds. The molecule has 1 aromatic rings. The average Bonchev–Trinajstić information content (AvgIpc) is 3.07. The molecule has 2 fully saturated rings. The number of rotatable bonds is 3. The van der Waals surface area contributed by atoms with Crippen molar-refractivity contribution in [2.24, 2.45) is 11.8 Å². The molecule has 1 aliphatic heterocycles. The topological polar surface area (TPSA) is 49.4 Å². The van der Waals surface area contributed by atoms with Gasteiger partial charge in [-0.1, -0.05) is 6.07 Å². The molecule has 0 aromatic heterocycles. The maximum absolute atomic E-state index is 13.5. The van der Waals surface area contributed by atoms with Crippen LogP contribution in [-0.4, -0.2) is 29.8 Å². The Kier molecular flexibility index (Phi) is 3.61. The molecule has 2 unspecified atom stereocenters. The van der Waals surface area contributed by atoms with Crippen molar-refractivity contribution < 1.29 is 18.4 Å². The van der Waals surface area contributed by atoms with Crippen LogP contribution in [0, 0.1) is 23.5 Å². The van der Waals surface area contributed by atoms with Crippen LogP contribution < -0.4 is 5.32 Å². The number of carbonyl (C=O) groups excluding carboxylic acids is 2. The Morgan fingerprint density at radius 2 is 1.71 bits per heavy atom. The zero-order valence-electron chi connectivity index (χ0n) is 11.4. The Balaban J connectivity index is 1.61. The third-order valence-corrected chi connectivity index (χ3v) is 4.07. The average molecular weight is 294 g/mol. The summed E-state index contributed by atoms with van der Waals surface area (Å²) in [6.07, 6.45) is 2.45. The van der Waals surface area contributed by atoms with Gasteiger partial charge in [-0.25, -0.2) is 8.78 Å². The number of halogens is 2. The number of nitrogens with one attached hydrogen (secondary N) is 1. The van der Waals surface area contributed by atoms with E-state index in [-0.39, 0.29) is 11.8 Å². The Morgan fingerprint density at radius 1 is 1.10 bits per heavy atom. The Morgan fingerprint density at radius 3 is 2.33 bits per heavy atom. The van der Waals surface area contributed by atoms with Gasteiger partial charge in [-0.05, 0) is 31.4 Å². The number of nitrogens with zero attached hydrogens (tertiary/aromatic N) is 1. The largest absolute Gasteiger partial charge is 0.342 e. The molecular weight excluding hydrogens is 278 g/mol. The highest BCUT2D eigenvalue weighted by Gasteiger charge is 2.49. The van der Waals surface area contributed by atoms with Crippen LogP contribution in [0.2, 0.25) is 0 Å². The molecule has 0 bridgehead atoms. The first-order valence-corrected chi connectivity index (χ1v) is 7.11. The maximum atomic E-state index is 13.5. The molecule has 2 aliphatic rings. The standard InChI is InChI=1S/C15H16F2N2O2/c16-11-4-3-5-12(17)13(11)18-14(20)9-8-10(9)15(21)19-6-1-2-7-19/h3-5,9-10H,1-2,6-8H2,(H,18,20). The summed E-state index contributed by atoms with van der Waals surface area (Å²) in [5, 5.41) is 2.26. The third kappa shape index (κ3) is 2.75. The van der Waals surface area contributed by atoms with Crippen LogP contribution in [0.3, 0.4) is 0 Å². The molecule has 1 heterocycles. The summed E-state index contributed by atoms with van der Waals surface area (Å²) in [5.41, 5.74) is -0.443. The minimum atomic E-state index is -0.814. The van der Waals surface area contributed by atoms with Crippen LogP contribution in [0.4, 0.5) is 14.5 Å². The van der Waals surface area contributed by atoms with Gasteiger partial charge in [-0.15, -0.1) is 0 Å². The fourth-order valence-electron chi connectivity index (χ4n) is 2.76. The third-order valence-electron chi connectivity index (χ3n) is 4.07. The molecule has 21 heavy (non-hydrogen) atoms. The summed E-state index contributed by atoms with van der Waals surface area (Å²) >= 11 is 0. The van der Waals surface area contributed by atoms with Gasteiger partial charge in [0.2, 0.25) is 11.8 Å². The van der Waals surface area contributed by atoms with Gasteiger partial charge in [0.15, 0.2) is 0 Å². The molecule has 1 saturated carbocycles. The summed E-state index contributed by atoms with van der Waals surface area (Å²) in [4.78, 5) is 25.9. The number of anilines is 1. The van der Waals surface area contributed by atoms with Gasteiger partial charge in [0.1, 0.15) is 17.3 Å². The molecule has 3 rings (SSSR count). The van der Waals surface area contributed by atoms with E-state index in [0.29, 0.717) is 6.42 Å². The second-order valence-corrected chi connectivity index (χ2v) is 5.57. The van der Waals surface area contributed by atoms with Crippen LogP contribution >= 0.6 is 0 Å². The second kappa shape index (κ2) is 5.42. The lowest BCUT2D eigenvalue weighted by molar-refractivity contribution is -0.133. The second-order valence-electron chi connectivity index (χ2n) is 5.57. The molecule has 4 nitrogen and oxygen atoms in total. The van der Waals surface area contributed by atoms with Crippen molar-refractivity contribution in [3.63, 3.8) is 0 Å². The van der Waals surface area contributed by atoms with E-state index in [1.54, 1.807) is 4.90 Å². The molecule has 1 aromatic carbocycles. The number of hydrogen-bond donors (Lipinski definition) is 1. The van der Waals surface area contributed by atoms with Crippen LogP contribution in [0.15, 0.2) is 18.2 Å². The van der Waals surface area contributed by atoms with E-state index in [0.717, 1.165) is 38.1 Å². The highest BCUT2D eigenvalue weighted by atomic mass is 19.1. The number of benzene rings is 1. The molecule has 112 valence electrons. The van der Waals surface area contributed by atoms with Crippen molar-refractivity contribution in [3.05, 3.63) is 29.8 Å². The molecule has 6 heteroatoms. The zero-order valence-corrected chi connectivity index (χ0v) is 11.4. The normalized spacial score (nSPS) is 24.0. The SMILES string of the molecule is O=C(Nc1c(F)cccc1F)C1CC1C(=O)N1CCCC1. The fourth-order valence-corrected chi connectivity index (χ4v) is 2.76. The molecular formula is C15H16F2N2O2. The zero-order chi connectivity index (χ0) is 15.0. The molecule has 1 N–H and O–H groups in total. The van der Waals surface area contributed by atoms with Gasteiger partial charge in [0.05, 0.1) is 11.8 Å². The van der Waals surface area contributed by atoms with Gasteiger partial charge in [0.25, 0.3) is 0 Å². The van der Waals surface area contributed by atoms with E-state index in [9.17, 15) is 18.4 Å². The van der Waals surface area contributed by atoms with Crippen LogP contribution in [0.1, 0.15) is 19.3 Å². The summed E-state index contributed by atoms with van der Waals surface area (Å²) < 4.78 is 26.9. The lowest BCUT2D eigenvalue weighted by Gasteiger charge is -2.15. The molecule has 2 atom stereocenters. The van der Waals surface area contributed by atoms with Gasteiger partial charge in [-0.2, -0.15) is 0 Å². The van der Waals surface area contributed by atoms with E-state index in [4.69, 9.17) is 0 Å². The number of likely N-dealkylation sites (tertiary alicyclic amines) is 1. The summed E-state index contributed by atoms with van der Waals surface area (Å²) in [7, 11) is 0. The van der Waals surface area contributed by atoms with Gasteiger partial charge in [-0.3, -0.25) is 9.59 Å². The molecule has 1 saturated heterocycles. The van der Waals surface area contributed by atoms with E-state index < -0.39 is 29.1 Å². The molecule has 0 radical (unpaired) electrons. The lowest BCUT2D eigenvalue weighted by Crippen LogP contribution is -2.30. The Labute approximate surface area is 121 Å². The van der Waals surface area contributed by atoms with Crippen molar-refractivity contribution in [1.82, 2.24) is 4.90 Å². The van der Waals surface area contributed by atoms with Crippen LogP contribution in [0.25, 0.3) is 0 Å². The number of amides is 2. The summed E-state index contributed by atoms with van der Waals surface area (Å²) in [5.74, 6) is -2.94. The Bertz CT molecular complexity index is 565. The predicted molar refractivity (Wildman–Crippen MR) is 72.4 cm³/mol. The van der Waals surface area contributed by atoms with Crippen molar-refractivity contribution >= 4 is 17.5 Å². The van der Waals surface area contributed by atoms with Crippen molar-refractivity contribution in [2.45, 2.75) is 19.3 Å². The van der Waals surface area contributed by atoms with Crippen LogP contribution in [-0.2, 0) is 9.59 Å². The highest BCUT2D eigenvalue weighted by molar-refractivity contribution is 5.99. The first-order valence-electron chi connectivity index (χ1n) is 7.11. The minimum Gasteiger partial charge on any atom is -0.342 e. The van der Waals surface area contributed by atoms with Crippen molar-refractivity contribution in [1.29, 1.82) is 0 Å². The monoisotopic (exact) mass is 294 g/mol. The van der Waals surface area contributed by atoms with E-state index in [2.05, 4.69) is 5.32 Å². The number of hydrogen-bond acceptors (Lipinski definition) is 2. The smallest absolute Gasteiger partial charge is 0.228 e. The van der Waals surface area contributed by atoms with Gasteiger partial charge in [0, 0.05) is 13.1 Å². The minimum absolute atomic E-state index is 0.0124. The summed E-state index contributed by atoms with van der Waals surface area (Å²) in [6, 6.07) is 3.40. The molecule has 0 spiro atoms. The molecule has 1 aliphatic carbocycles. The predicted octanol–water partition coefficient (Wildman–Crippen LogP) is 2.16. The van der Waals surface area contributed by atoms with Crippen molar-refractivity contribution in [3.8, 4) is 0 Å². The number of para-hydroxylation sites is 1. The fraction of sp³-hybridized carbons (Fsp3) is 0.467. The van der Waals surface area contributed by atoms with Crippen molar-refractivity contribution in [2.75, 3.05) is 18.4 Å². The Hall–Kier alpha value is -1.98. The highest BCUT2D eigenvalue weighted by Crippen LogP contribution is 2.41. The first kappa shape index (κ1) is 14.0. The van der Waals surface area contributed by atoms with E-state index in [1.807, 2.05) is 0 Å². The van der Waals surface area contributed by atoms with Crippen LogP contribution in [0.5, 0.6) is 0 Å².